The Morgan fingerprint density at radius 2 is 1.86 bits per heavy atom. The van der Waals surface area contributed by atoms with Crippen LogP contribution < -0.4 is 0 Å². The first-order chi connectivity index (χ1) is 10.7. The molecule has 3 nitrogen and oxygen atoms in total. The molecule has 0 spiro atoms. The molecule has 0 aliphatic carbocycles. The van der Waals surface area contributed by atoms with Gasteiger partial charge in [-0.2, -0.15) is 0 Å². The van der Waals surface area contributed by atoms with E-state index in [0.29, 0.717) is 0 Å². The van der Waals surface area contributed by atoms with Gasteiger partial charge in [-0.05, 0) is 17.0 Å². The van der Waals surface area contributed by atoms with Gasteiger partial charge in [-0.25, -0.2) is 9.97 Å². The summed E-state index contributed by atoms with van der Waals surface area (Å²) in [6, 6.07) is 12.7. The van der Waals surface area contributed by atoms with Crippen LogP contribution in [0.3, 0.4) is 0 Å². The Hall–Kier alpha value is -2.94. The van der Waals surface area contributed by atoms with Crippen LogP contribution in [-0.2, 0) is 7.05 Å². The van der Waals surface area contributed by atoms with E-state index >= 15 is 0 Å². The van der Waals surface area contributed by atoms with E-state index in [-0.39, 0.29) is 0 Å². The summed E-state index contributed by atoms with van der Waals surface area (Å²) in [7, 11) is 2.06. The lowest BCUT2D eigenvalue weighted by Crippen LogP contribution is -1.95. The summed E-state index contributed by atoms with van der Waals surface area (Å²) >= 11 is 0. The lowest BCUT2D eigenvalue weighted by Gasteiger charge is -2.05. The zero-order chi connectivity index (χ0) is 15.3. The van der Waals surface area contributed by atoms with Crippen molar-refractivity contribution in [3.63, 3.8) is 0 Å². The number of aromatic nitrogens is 3. The fourth-order valence-corrected chi connectivity index (χ4v) is 3.14. The lowest BCUT2D eigenvalue weighted by atomic mass is 10.1. The first kappa shape index (κ1) is 12.8. The normalized spacial score (nSPS) is 11.3. The van der Waals surface area contributed by atoms with Gasteiger partial charge in [0.1, 0.15) is 11.8 Å². The van der Waals surface area contributed by atoms with E-state index < -0.39 is 0 Å². The number of nitrogens with zero attached hydrogens (tertiary/aromatic N) is 3. The van der Waals surface area contributed by atoms with Crippen LogP contribution in [0.1, 0.15) is 5.69 Å². The van der Waals surface area contributed by atoms with Crippen molar-refractivity contribution < 1.29 is 0 Å². The molecule has 0 amide bonds. The maximum atomic E-state index is 4.51. The molecular formula is C19H15N3. The molecule has 0 radical (unpaired) electrons. The van der Waals surface area contributed by atoms with Crippen molar-refractivity contribution in [3.05, 3.63) is 67.7 Å². The fraction of sp³-hybridized carbons (Fsp3) is 0.0526. The third kappa shape index (κ3) is 1.56. The topological polar surface area (TPSA) is 30.7 Å². The molecule has 106 valence electrons. The van der Waals surface area contributed by atoms with Crippen molar-refractivity contribution in [2.45, 2.75) is 0 Å². The van der Waals surface area contributed by atoms with E-state index in [9.17, 15) is 0 Å². The van der Waals surface area contributed by atoms with E-state index in [1.165, 1.54) is 16.3 Å². The zero-order valence-electron chi connectivity index (χ0n) is 12.4. The van der Waals surface area contributed by atoms with Gasteiger partial charge in [0.2, 0.25) is 0 Å². The Bertz CT molecular complexity index is 1070. The Morgan fingerprint density at radius 1 is 1.05 bits per heavy atom. The number of benzene rings is 2. The van der Waals surface area contributed by atoms with Crippen molar-refractivity contribution in [2.24, 2.45) is 7.05 Å². The van der Waals surface area contributed by atoms with Crippen LogP contribution in [0.4, 0.5) is 0 Å². The molecule has 2 heterocycles. The maximum Gasteiger partial charge on any atom is 0.116 e. The molecule has 0 N–H and O–H groups in total. The number of allylic oxidation sites excluding steroid dienone is 2. The van der Waals surface area contributed by atoms with Crippen molar-refractivity contribution in [2.75, 3.05) is 0 Å². The second kappa shape index (κ2) is 4.53. The third-order valence-corrected chi connectivity index (χ3v) is 4.20. The average Bonchev–Trinajstić information content (AvgIpc) is 2.87. The number of aryl methyl sites for hydroxylation is 1. The Kier molecular flexibility index (Phi) is 2.63. The average molecular weight is 285 g/mol. The summed E-state index contributed by atoms with van der Waals surface area (Å²) in [5.74, 6) is 0. The molecule has 4 rings (SSSR count). The Morgan fingerprint density at radius 3 is 2.68 bits per heavy atom. The number of fused-ring (bicyclic) bond motifs is 5. The highest BCUT2D eigenvalue weighted by molar-refractivity contribution is 6.17. The minimum atomic E-state index is 0.808. The zero-order valence-corrected chi connectivity index (χ0v) is 12.4. The van der Waals surface area contributed by atoms with Crippen LogP contribution >= 0.6 is 0 Å². The van der Waals surface area contributed by atoms with E-state index in [1.807, 2.05) is 0 Å². The van der Waals surface area contributed by atoms with Gasteiger partial charge in [-0.3, -0.25) is 0 Å². The van der Waals surface area contributed by atoms with E-state index in [1.54, 1.807) is 12.4 Å². The first-order valence-electron chi connectivity index (χ1n) is 7.15. The quantitative estimate of drug-likeness (QED) is 0.509. The SMILES string of the molecule is C=CC(=C)c1ncnc2c3ccc4ccccc4c3n(C)c12. The van der Waals surface area contributed by atoms with Crippen molar-refractivity contribution in [3.8, 4) is 0 Å². The second-order valence-corrected chi connectivity index (χ2v) is 5.39. The molecule has 4 aromatic rings. The summed E-state index contributed by atoms with van der Waals surface area (Å²) in [6.07, 6.45) is 3.33. The van der Waals surface area contributed by atoms with Crippen LogP contribution in [0.5, 0.6) is 0 Å². The second-order valence-electron chi connectivity index (χ2n) is 5.39. The maximum absolute atomic E-state index is 4.51. The Balaban J connectivity index is 2.29. The van der Waals surface area contributed by atoms with Crippen LogP contribution in [0, 0.1) is 0 Å². The fourth-order valence-electron chi connectivity index (χ4n) is 3.14. The van der Waals surface area contributed by atoms with Gasteiger partial charge in [0.05, 0.1) is 16.7 Å². The molecular weight excluding hydrogens is 270 g/mol. The molecule has 0 aliphatic heterocycles. The third-order valence-electron chi connectivity index (χ3n) is 4.20. The molecule has 22 heavy (non-hydrogen) atoms. The summed E-state index contributed by atoms with van der Waals surface area (Å²) in [4.78, 5) is 8.92. The lowest BCUT2D eigenvalue weighted by molar-refractivity contribution is 1.00. The smallest absolute Gasteiger partial charge is 0.116 e. The van der Waals surface area contributed by atoms with Gasteiger partial charge >= 0.3 is 0 Å². The highest BCUT2D eigenvalue weighted by Gasteiger charge is 2.16. The molecule has 0 aliphatic rings. The van der Waals surface area contributed by atoms with Crippen molar-refractivity contribution in [1.82, 2.24) is 14.5 Å². The molecule has 0 saturated heterocycles. The molecule has 0 atom stereocenters. The van der Waals surface area contributed by atoms with Gasteiger partial charge < -0.3 is 4.57 Å². The summed E-state index contributed by atoms with van der Waals surface area (Å²) < 4.78 is 2.16. The van der Waals surface area contributed by atoms with Gasteiger partial charge in [-0.1, -0.05) is 49.6 Å². The van der Waals surface area contributed by atoms with E-state index in [4.69, 9.17) is 0 Å². The molecule has 2 aromatic heterocycles. The van der Waals surface area contributed by atoms with Gasteiger partial charge in [0, 0.05) is 17.8 Å². The summed E-state index contributed by atoms with van der Waals surface area (Å²) in [6.45, 7) is 7.85. The number of hydrogen-bond donors (Lipinski definition) is 0. The minimum absolute atomic E-state index is 0.808. The van der Waals surface area contributed by atoms with Gasteiger partial charge in [0.25, 0.3) is 0 Å². The molecule has 3 heteroatoms. The van der Waals surface area contributed by atoms with Crippen LogP contribution in [0.15, 0.2) is 62.0 Å². The molecule has 0 unspecified atom stereocenters. The highest BCUT2D eigenvalue weighted by atomic mass is 15.0. The highest BCUT2D eigenvalue weighted by Crippen LogP contribution is 2.34. The van der Waals surface area contributed by atoms with Gasteiger partial charge in [-0.15, -0.1) is 0 Å². The number of rotatable bonds is 2. The minimum Gasteiger partial charge on any atom is -0.340 e. The number of hydrogen-bond acceptors (Lipinski definition) is 2. The predicted molar refractivity (Wildman–Crippen MR) is 92.8 cm³/mol. The predicted octanol–water partition coefficient (Wildman–Crippen LogP) is 4.47. The summed E-state index contributed by atoms with van der Waals surface area (Å²) in [5, 5.41) is 3.57. The standard InChI is InChI=1S/C19H15N3/c1-4-12(2)16-19-17(21-11-20-16)15-10-9-13-7-5-6-8-14(13)18(15)22(19)3/h4-11H,1-2H2,3H3. The van der Waals surface area contributed by atoms with Crippen LogP contribution in [0.2, 0.25) is 0 Å². The van der Waals surface area contributed by atoms with Crippen molar-refractivity contribution >= 4 is 38.3 Å². The molecule has 0 fully saturated rings. The Labute approximate surface area is 128 Å². The van der Waals surface area contributed by atoms with Crippen LogP contribution in [-0.4, -0.2) is 14.5 Å². The van der Waals surface area contributed by atoms with Crippen LogP contribution in [0.25, 0.3) is 38.3 Å². The monoisotopic (exact) mass is 285 g/mol. The largest absolute Gasteiger partial charge is 0.340 e. The summed E-state index contributed by atoms with van der Waals surface area (Å²) in [5.41, 5.74) is 4.77. The molecule has 0 saturated carbocycles. The molecule has 2 aromatic carbocycles. The van der Waals surface area contributed by atoms with Gasteiger partial charge in [0.15, 0.2) is 0 Å². The first-order valence-corrected chi connectivity index (χ1v) is 7.15. The van der Waals surface area contributed by atoms with E-state index in [2.05, 4.69) is 71.1 Å². The molecule has 0 bridgehead atoms. The van der Waals surface area contributed by atoms with Crippen molar-refractivity contribution in [1.29, 1.82) is 0 Å². The van der Waals surface area contributed by atoms with E-state index in [0.717, 1.165) is 27.7 Å².